The van der Waals surface area contributed by atoms with E-state index in [4.69, 9.17) is 4.74 Å². The fourth-order valence-corrected chi connectivity index (χ4v) is 2.18. The molecule has 94 valence electrons. The second kappa shape index (κ2) is 5.33. The molecule has 0 bridgehead atoms. The van der Waals surface area contributed by atoms with E-state index in [-0.39, 0.29) is 18.1 Å². The van der Waals surface area contributed by atoms with Crippen molar-refractivity contribution in [3.63, 3.8) is 0 Å². The first kappa shape index (κ1) is 12.1. The molecular formula is C12H19N3O2. The molecule has 1 amide bonds. The van der Waals surface area contributed by atoms with Gasteiger partial charge in [-0.25, -0.2) is 0 Å². The smallest absolute Gasteiger partial charge is 0.268 e. The SMILES string of the molecule is CCn1cccc1C(=O)NC1CNC[C@@H]1OC. The second-order valence-corrected chi connectivity index (χ2v) is 4.19. The number of methoxy groups -OCH3 is 1. The van der Waals surface area contributed by atoms with Crippen LogP contribution in [0.3, 0.4) is 0 Å². The van der Waals surface area contributed by atoms with Crippen LogP contribution in [0.1, 0.15) is 17.4 Å². The highest BCUT2D eigenvalue weighted by Gasteiger charge is 2.28. The van der Waals surface area contributed by atoms with Gasteiger partial charge in [0.25, 0.3) is 5.91 Å². The molecular weight excluding hydrogens is 218 g/mol. The Kier molecular flexibility index (Phi) is 3.81. The average molecular weight is 237 g/mol. The van der Waals surface area contributed by atoms with Crippen molar-refractivity contribution in [2.45, 2.75) is 25.6 Å². The number of aromatic nitrogens is 1. The van der Waals surface area contributed by atoms with Crippen molar-refractivity contribution in [3.8, 4) is 0 Å². The number of aryl methyl sites for hydroxylation is 1. The van der Waals surface area contributed by atoms with Gasteiger partial charge in [-0.2, -0.15) is 0 Å². The fourth-order valence-electron chi connectivity index (χ4n) is 2.18. The van der Waals surface area contributed by atoms with E-state index in [9.17, 15) is 4.79 Å². The molecule has 0 aromatic carbocycles. The number of amides is 1. The van der Waals surface area contributed by atoms with Crippen LogP contribution >= 0.6 is 0 Å². The summed E-state index contributed by atoms with van der Waals surface area (Å²) in [5.74, 6) is -0.0346. The van der Waals surface area contributed by atoms with E-state index < -0.39 is 0 Å². The maximum atomic E-state index is 12.1. The minimum atomic E-state index is -0.0346. The number of carbonyl (C=O) groups excluding carboxylic acids is 1. The van der Waals surface area contributed by atoms with E-state index in [2.05, 4.69) is 10.6 Å². The molecule has 2 N–H and O–H groups in total. The molecule has 5 heteroatoms. The molecule has 1 fully saturated rings. The van der Waals surface area contributed by atoms with Crippen molar-refractivity contribution in [2.75, 3.05) is 20.2 Å². The number of nitrogens with one attached hydrogen (secondary N) is 2. The van der Waals surface area contributed by atoms with Gasteiger partial charge < -0.3 is 19.9 Å². The van der Waals surface area contributed by atoms with E-state index in [1.165, 1.54) is 0 Å². The maximum absolute atomic E-state index is 12.1. The van der Waals surface area contributed by atoms with Crippen molar-refractivity contribution < 1.29 is 9.53 Å². The van der Waals surface area contributed by atoms with Crippen molar-refractivity contribution in [1.82, 2.24) is 15.2 Å². The predicted octanol–water partition coefficient (Wildman–Crippen LogP) is 0.225. The van der Waals surface area contributed by atoms with Gasteiger partial charge in [0.05, 0.1) is 12.1 Å². The lowest BCUT2D eigenvalue weighted by atomic mass is 10.2. The topological polar surface area (TPSA) is 55.3 Å². The summed E-state index contributed by atoms with van der Waals surface area (Å²) < 4.78 is 7.24. The molecule has 5 nitrogen and oxygen atoms in total. The Morgan fingerprint density at radius 1 is 1.65 bits per heavy atom. The maximum Gasteiger partial charge on any atom is 0.268 e. The van der Waals surface area contributed by atoms with Crippen LogP contribution in [0.5, 0.6) is 0 Å². The molecule has 0 radical (unpaired) electrons. The quantitative estimate of drug-likeness (QED) is 0.788. The van der Waals surface area contributed by atoms with Crippen LogP contribution in [0, 0.1) is 0 Å². The molecule has 0 spiro atoms. The summed E-state index contributed by atoms with van der Waals surface area (Å²) in [5, 5.41) is 6.22. The summed E-state index contributed by atoms with van der Waals surface area (Å²) in [4.78, 5) is 12.1. The largest absolute Gasteiger partial charge is 0.378 e. The van der Waals surface area contributed by atoms with Gasteiger partial charge in [-0.15, -0.1) is 0 Å². The molecule has 1 aromatic rings. The third kappa shape index (κ3) is 2.50. The number of hydrogen-bond donors (Lipinski definition) is 2. The zero-order valence-corrected chi connectivity index (χ0v) is 10.3. The van der Waals surface area contributed by atoms with E-state index >= 15 is 0 Å². The molecule has 1 aliphatic rings. The van der Waals surface area contributed by atoms with Gasteiger partial charge in [0.1, 0.15) is 5.69 Å². The summed E-state index contributed by atoms with van der Waals surface area (Å²) >= 11 is 0. The Labute approximate surface area is 101 Å². The van der Waals surface area contributed by atoms with Crippen LogP contribution < -0.4 is 10.6 Å². The van der Waals surface area contributed by atoms with Gasteiger partial charge in [0.15, 0.2) is 0 Å². The Morgan fingerprint density at radius 3 is 3.18 bits per heavy atom. The molecule has 1 aliphatic heterocycles. The number of ether oxygens (including phenoxy) is 1. The van der Waals surface area contributed by atoms with Gasteiger partial charge in [-0.3, -0.25) is 4.79 Å². The Bertz CT molecular complexity index is 389. The van der Waals surface area contributed by atoms with Crippen LogP contribution in [0.4, 0.5) is 0 Å². The lowest BCUT2D eigenvalue weighted by molar-refractivity contribution is 0.0773. The lowest BCUT2D eigenvalue weighted by Crippen LogP contribution is -2.44. The van der Waals surface area contributed by atoms with E-state index in [0.29, 0.717) is 5.69 Å². The van der Waals surface area contributed by atoms with Gasteiger partial charge in [0.2, 0.25) is 0 Å². The van der Waals surface area contributed by atoms with Gasteiger partial charge in [-0.05, 0) is 19.1 Å². The minimum absolute atomic E-state index is 0.0346. The first-order valence-corrected chi connectivity index (χ1v) is 5.95. The van der Waals surface area contributed by atoms with E-state index in [0.717, 1.165) is 19.6 Å². The normalized spacial score (nSPS) is 23.9. The molecule has 1 unspecified atom stereocenters. The summed E-state index contributed by atoms with van der Waals surface area (Å²) in [6.07, 6.45) is 1.97. The number of carbonyl (C=O) groups is 1. The molecule has 2 rings (SSSR count). The highest BCUT2D eigenvalue weighted by molar-refractivity contribution is 5.93. The molecule has 1 saturated heterocycles. The molecule has 2 atom stereocenters. The Hall–Kier alpha value is -1.33. The fraction of sp³-hybridized carbons (Fsp3) is 0.583. The molecule has 0 aliphatic carbocycles. The summed E-state index contributed by atoms with van der Waals surface area (Å²) in [5.41, 5.74) is 0.703. The van der Waals surface area contributed by atoms with Gasteiger partial charge in [-0.1, -0.05) is 0 Å². The lowest BCUT2D eigenvalue weighted by Gasteiger charge is -2.18. The first-order valence-electron chi connectivity index (χ1n) is 5.95. The third-order valence-corrected chi connectivity index (χ3v) is 3.18. The number of hydrogen-bond acceptors (Lipinski definition) is 3. The second-order valence-electron chi connectivity index (χ2n) is 4.19. The highest BCUT2D eigenvalue weighted by Crippen LogP contribution is 2.07. The average Bonchev–Trinajstić information content (AvgIpc) is 2.96. The van der Waals surface area contributed by atoms with Gasteiger partial charge >= 0.3 is 0 Å². The molecule has 1 aromatic heterocycles. The van der Waals surface area contributed by atoms with Crippen molar-refractivity contribution >= 4 is 5.91 Å². The third-order valence-electron chi connectivity index (χ3n) is 3.18. The Balaban J connectivity index is 2.01. The number of nitrogens with zero attached hydrogens (tertiary/aromatic N) is 1. The molecule has 2 heterocycles. The van der Waals surface area contributed by atoms with Crippen LogP contribution in [0.15, 0.2) is 18.3 Å². The van der Waals surface area contributed by atoms with Crippen LogP contribution in [-0.4, -0.2) is 42.8 Å². The summed E-state index contributed by atoms with van der Waals surface area (Å²) in [6.45, 7) is 4.37. The molecule has 17 heavy (non-hydrogen) atoms. The zero-order chi connectivity index (χ0) is 12.3. The summed E-state index contributed by atoms with van der Waals surface area (Å²) in [7, 11) is 1.67. The zero-order valence-electron chi connectivity index (χ0n) is 10.3. The highest BCUT2D eigenvalue weighted by atomic mass is 16.5. The first-order chi connectivity index (χ1) is 8.26. The summed E-state index contributed by atoms with van der Waals surface area (Å²) in [6, 6.07) is 3.77. The monoisotopic (exact) mass is 237 g/mol. The minimum Gasteiger partial charge on any atom is -0.378 e. The standard InChI is InChI=1S/C12H19N3O2/c1-3-15-6-4-5-10(15)12(16)14-9-7-13-8-11(9)17-2/h4-6,9,11,13H,3,7-8H2,1-2H3,(H,14,16)/t9?,11-/m0/s1. The molecule has 0 saturated carbocycles. The van der Waals surface area contributed by atoms with E-state index in [1.54, 1.807) is 7.11 Å². The predicted molar refractivity (Wildman–Crippen MR) is 65.0 cm³/mol. The van der Waals surface area contributed by atoms with Crippen LogP contribution in [-0.2, 0) is 11.3 Å². The Morgan fingerprint density at radius 2 is 2.47 bits per heavy atom. The van der Waals surface area contributed by atoms with E-state index in [1.807, 2.05) is 29.8 Å². The van der Waals surface area contributed by atoms with Gasteiger partial charge in [0, 0.05) is 32.9 Å². The van der Waals surface area contributed by atoms with Crippen LogP contribution in [0.2, 0.25) is 0 Å². The van der Waals surface area contributed by atoms with Crippen molar-refractivity contribution in [1.29, 1.82) is 0 Å². The number of rotatable bonds is 4. The van der Waals surface area contributed by atoms with Crippen molar-refractivity contribution in [2.24, 2.45) is 0 Å². The van der Waals surface area contributed by atoms with Crippen molar-refractivity contribution in [3.05, 3.63) is 24.0 Å². The van der Waals surface area contributed by atoms with Crippen LogP contribution in [0.25, 0.3) is 0 Å².